The zero-order valence-electron chi connectivity index (χ0n) is 10.9. The summed E-state index contributed by atoms with van der Waals surface area (Å²) in [6.45, 7) is 20.6. The van der Waals surface area contributed by atoms with Crippen molar-refractivity contribution in [2.75, 3.05) is 0 Å². The SMILES string of the molecule is C=C/C=C\C(N=C)=C(/C)C=C.CC.CC. The van der Waals surface area contributed by atoms with E-state index in [4.69, 9.17) is 0 Å². The van der Waals surface area contributed by atoms with Crippen LogP contribution in [0.25, 0.3) is 0 Å². The van der Waals surface area contributed by atoms with Gasteiger partial charge in [-0.1, -0.05) is 59.1 Å². The number of hydrogen-bond acceptors (Lipinski definition) is 1. The summed E-state index contributed by atoms with van der Waals surface area (Å²) in [6, 6.07) is 0. The van der Waals surface area contributed by atoms with E-state index in [9.17, 15) is 0 Å². The normalized spacial score (nSPS) is 9.93. The molecule has 0 aromatic heterocycles. The van der Waals surface area contributed by atoms with Crippen LogP contribution >= 0.6 is 0 Å². The minimum absolute atomic E-state index is 0.833. The Morgan fingerprint density at radius 3 is 1.80 bits per heavy atom. The molecular formula is C14H25N. The number of allylic oxidation sites excluding steroid dienone is 5. The predicted molar refractivity (Wildman–Crippen MR) is 74.5 cm³/mol. The van der Waals surface area contributed by atoms with E-state index in [1.165, 1.54) is 0 Å². The highest BCUT2D eigenvalue weighted by molar-refractivity contribution is 5.38. The Kier molecular flexibility index (Phi) is 23.6. The van der Waals surface area contributed by atoms with Gasteiger partial charge in [0.25, 0.3) is 0 Å². The Morgan fingerprint density at radius 2 is 1.53 bits per heavy atom. The van der Waals surface area contributed by atoms with Crippen LogP contribution in [0.1, 0.15) is 34.6 Å². The van der Waals surface area contributed by atoms with Crippen LogP contribution in [0.2, 0.25) is 0 Å². The highest BCUT2D eigenvalue weighted by Crippen LogP contribution is 2.07. The molecule has 0 N–H and O–H groups in total. The Morgan fingerprint density at radius 1 is 1.07 bits per heavy atom. The maximum absolute atomic E-state index is 3.82. The van der Waals surface area contributed by atoms with Gasteiger partial charge in [-0.15, -0.1) is 0 Å². The van der Waals surface area contributed by atoms with Crippen LogP contribution in [-0.4, -0.2) is 6.72 Å². The molecule has 0 aromatic carbocycles. The lowest BCUT2D eigenvalue weighted by Crippen LogP contribution is -1.76. The van der Waals surface area contributed by atoms with Gasteiger partial charge in [0.15, 0.2) is 0 Å². The molecule has 0 fully saturated rings. The molecule has 15 heavy (non-hydrogen) atoms. The summed E-state index contributed by atoms with van der Waals surface area (Å²) < 4.78 is 0. The summed E-state index contributed by atoms with van der Waals surface area (Å²) >= 11 is 0. The Hall–Kier alpha value is -1.37. The molecule has 0 rings (SSSR count). The Labute approximate surface area is 95.6 Å². The third-order valence-electron chi connectivity index (χ3n) is 1.27. The maximum Gasteiger partial charge on any atom is 0.0651 e. The zero-order chi connectivity index (χ0) is 12.7. The van der Waals surface area contributed by atoms with E-state index in [2.05, 4.69) is 24.9 Å². The fourth-order valence-corrected chi connectivity index (χ4v) is 0.573. The van der Waals surface area contributed by atoms with Crippen molar-refractivity contribution < 1.29 is 0 Å². The Bertz CT molecular complexity index is 219. The minimum Gasteiger partial charge on any atom is -0.264 e. The average Bonchev–Trinajstić information content (AvgIpc) is 2.34. The summed E-state index contributed by atoms with van der Waals surface area (Å²) in [5.41, 5.74) is 1.85. The molecule has 0 aromatic rings. The molecule has 0 aliphatic carbocycles. The van der Waals surface area contributed by atoms with Crippen LogP contribution in [0.5, 0.6) is 0 Å². The molecule has 0 bridgehead atoms. The fourth-order valence-electron chi connectivity index (χ4n) is 0.573. The van der Waals surface area contributed by atoms with E-state index in [-0.39, 0.29) is 0 Å². The van der Waals surface area contributed by atoms with Gasteiger partial charge in [-0.2, -0.15) is 0 Å². The van der Waals surface area contributed by atoms with Crippen molar-refractivity contribution in [2.24, 2.45) is 4.99 Å². The third kappa shape index (κ3) is 12.6. The van der Waals surface area contributed by atoms with Crippen molar-refractivity contribution in [3.8, 4) is 0 Å². The lowest BCUT2D eigenvalue weighted by Gasteiger charge is -1.94. The smallest absolute Gasteiger partial charge is 0.0651 e. The fraction of sp³-hybridized carbons (Fsp3) is 0.357. The van der Waals surface area contributed by atoms with E-state index in [0.29, 0.717) is 0 Å². The molecule has 0 aliphatic heterocycles. The molecule has 0 unspecified atom stereocenters. The molecule has 0 amide bonds. The number of hydrogen-bond donors (Lipinski definition) is 0. The zero-order valence-corrected chi connectivity index (χ0v) is 10.9. The Balaban J connectivity index is -0.000000318. The number of nitrogens with zero attached hydrogens (tertiary/aromatic N) is 1. The average molecular weight is 207 g/mol. The van der Waals surface area contributed by atoms with Crippen molar-refractivity contribution >= 4 is 6.72 Å². The van der Waals surface area contributed by atoms with Gasteiger partial charge in [-0.25, -0.2) is 0 Å². The van der Waals surface area contributed by atoms with Crippen molar-refractivity contribution in [3.63, 3.8) is 0 Å². The van der Waals surface area contributed by atoms with Gasteiger partial charge in [0, 0.05) is 0 Å². The van der Waals surface area contributed by atoms with Gasteiger partial charge in [0.1, 0.15) is 0 Å². The lowest BCUT2D eigenvalue weighted by molar-refractivity contribution is 1.33. The molecule has 0 spiro atoms. The molecule has 0 radical (unpaired) electrons. The molecule has 86 valence electrons. The summed E-state index contributed by atoms with van der Waals surface area (Å²) in [5, 5.41) is 0. The molecule has 1 nitrogen and oxygen atoms in total. The van der Waals surface area contributed by atoms with Gasteiger partial charge in [0.2, 0.25) is 0 Å². The summed E-state index contributed by atoms with van der Waals surface area (Å²) in [7, 11) is 0. The quantitative estimate of drug-likeness (QED) is 0.457. The summed E-state index contributed by atoms with van der Waals surface area (Å²) in [4.78, 5) is 3.82. The monoisotopic (exact) mass is 207 g/mol. The molecule has 0 aliphatic rings. The van der Waals surface area contributed by atoms with Crippen molar-refractivity contribution in [3.05, 3.63) is 48.7 Å². The van der Waals surface area contributed by atoms with E-state index in [1.54, 1.807) is 12.2 Å². The molecule has 0 atom stereocenters. The predicted octanol–water partition coefficient (Wildman–Crippen LogP) is 4.94. The second-order valence-corrected chi connectivity index (χ2v) is 2.03. The van der Waals surface area contributed by atoms with Gasteiger partial charge < -0.3 is 0 Å². The second kappa shape index (κ2) is 18.4. The van der Waals surface area contributed by atoms with E-state index in [1.807, 2.05) is 46.8 Å². The maximum atomic E-state index is 3.82. The van der Waals surface area contributed by atoms with E-state index in [0.717, 1.165) is 11.3 Å². The van der Waals surface area contributed by atoms with Crippen LogP contribution in [0.4, 0.5) is 0 Å². The first-order chi connectivity index (χ1) is 7.26. The largest absolute Gasteiger partial charge is 0.264 e. The van der Waals surface area contributed by atoms with Crippen LogP contribution < -0.4 is 0 Å². The van der Waals surface area contributed by atoms with Crippen LogP contribution in [-0.2, 0) is 0 Å². The first-order valence-electron chi connectivity index (χ1n) is 5.35. The van der Waals surface area contributed by atoms with Crippen molar-refractivity contribution in [2.45, 2.75) is 34.6 Å². The van der Waals surface area contributed by atoms with E-state index >= 15 is 0 Å². The summed E-state index contributed by atoms with van der Waals surface area (Å²) in [6.07, 6.45) is 7.10. The number of aliphatic imine (C=N–C) groups is 1. The molecule has 0 heterocycles. The van der Waals surface area contributed by atoms with Gasteiger partial charge in [-0.05, 0) is 25.3 Å². The highest BCUT2D eigenvalue weighted by atomic mass is 14.7. The first kappa shape index (κ1) is 19.2. The topological polar surface area (TPSA) is 12.4 Å². The molecule has 0 saturated heterocycles. The van der Waals surface area contributed by atoms with Gasteiger partial charge in [0.05, 0.1) is 5.70 Å². The van der Waals surface area contributed by atoms with Crippen LogP contribution in [0.15, 0.2) is 53.7 Å². The van der Waals surface area contributed by atoms with Crippen LogP contribution in [0, 0.1) is 0 Å². The van der Waals surface area contributed by atoms with Crippen molar-refractivity contribution in [1.29, 1.82) is 0 Å². The standard InChI is InChI=1S/C10H13N.2C2H6/c1-5-7-8-10(11-4)9(3)6-2;2*1-2/h5-8H,1-2,4H2,3H3;2*1-2H3/b8-7-,10-9-;;. The summed E-state index contributed by atoms with van der Waals surface area (Å²) in [5.74, 6) is 0. The van der Waals surface area contributed by atoms with Crippen molar-refractivity contribution in [1.82, 2.24) is 0 Å². The first-order valence-corrected chi connectivity index (χ1v) is 5.35. The van der Waals surface area contributed by atoms with E-state index < -0.39 is 0 Å². The minimum atomic E-state index is 0.833. The molecule has 0 saturated carbocycles. The van der Waals surface area contributed by atoms with Crippen LogP contribution in [0.3, 0.4) is 0 Å². The number of rotatable bonds is 4. The third-order valence-corrected chi connectivity index (χ3v) is 1.27. The van der Waals surface area contributed by atoms with Gasteiger partial charge in [-0.3, -0.25) is 4.99 Å². The molecular weight excluding hydrogens is 182 g/mol. The molecule has 1 heteroatoms. The second-order valence-electron chi connectivity index (χ2n) is 2.03. The van der Waals surface area contributed by atoms with Gasteiger partial charge >= 0.3 is 0 Å². The lowest BCUT2D eigenvalue weighted by atomic mass is 10.2. The highest BCUT2D eigenvalue weighted by Gasteiger charge is 1.88.